The van der Waals surface area contributed by atoms with Gasteiger partial charge in [0.15, 0.2) is 0 Å². The minimum atomic E-state index is -0.479. The third kappa shape index (κ3) is 1.86. The van der Waals surface area contributed by atoms with Crippen LogP contribution in [0.25, 0.3) is 5.52 Å². The summed E-state index contributed by atoms with van der Waals surface area (Å²) < 4.78 is 26.6. The van der Waals surface area contributed by atoms with Crippen molar-refractivity contribution in [3.63, 3.8) is 0 Å². The lowest BCUT2D eigenvalue weighted by Crippen LogP contribution is -2.41. The maximum absolute atomic E-state index is 13.1. The summed E-state index contributed by atoms with van der Waals surface area (Å²) in [6.07, 6.45) is 3.00. The van der Waals surface area contributed by atoms with Crippen molar-refractivity contribution in [3.8, 4) is 0 Å². The summed E-state index contributed by atoms with van der Waals surface area (Å²) in [5.41, 5.74) is 0.816. The largest absolute Gasteiger partial charge is 0.498 e. The van der Waals surface area contributed by atoms with Gasteiger partial charge in [-0.1, -0.05) is 0 Å². The molecular weight excluding hydrogens is 246 g/mol. The molecule has 1 aliphatic rings. The number of halogens is 1. The highest BCUT2D eigenvalue weighted by Gasteiger charge is 2.52. The fourth-order valence-electron chi connectivity index (χ4n) is 2.13. The summed E-state index contributed by atoms with van der Waals surface area (Å²) in [7, 11) is -0.479. The summed E-state index contributed by atoms with van der Waals surface area (Å²) >= 11 is 0. The fourth-order valence-corrected chi connectivity index (χ4v) is 2.13. The molecular formula is C13H16BFN2O2. The minimum Gasteiger partial charge on any atom is -0.399 e. The fraction of sp³-hybridized carbons (Fsp3) is 0.462. The molecule has 0 bridgehead atoms. The number of pyridine rings is 1. The van der Waals surface area contributed by atoms with Crippen molar-refractivity contribution in [1.29, 1.82) is 0 Å². The van der Waals surface area contributed by atoms with E-state index in [9.17, 15) is 4.39 Å². The number of hydrogen-bond acceptors (Lipinski definition) is 3. The average molecular weight is 262 g/mol. The van der Waals surface area contributed by atoms with Crippen LogP contribution >= 0.6 is 0 Å². The van der Waals surface area contributed by atoms with E-state index in [0.717, 1.165) is 11.0 Å². The van der Waals surface area contributed by atoms with Crippen LogP contribution in [0.4, 0.5) is 4.39 Å². The van der Waals surface area contributed by atoms with E-state index >= 15 is 0 Å². The first kappa shape index (κ1) is 12.6. The van der Waals surface area contributed by atoms with Crippen molar-refractivity contribution in [2.75, 3.05) is 0 Å². The standard InChI is InChI=1S/C13H16BFN2O2/c1-12(2)13(3,4)19-14(18-12)10-7-16-17-8-9(15)5-6-11(10)17/h5-8H,1-4H3. The Morgan fingerprint density at radius 2 is 1.79 bits per heavy atom. The quantitative estimate of drug-likeness (QED) is 0.735. The van der Waals surface area contributed by atoms with E-state index in [4.69, 9.17) is 9.31 Å². The molecule has 0 saturated carbocycles. The lowest BCUT2D eigenvalue weighted by atomic mass is 9.80. The first-order chi connectivity index (χ1) is 8.80. The third-order valence-corrected chi connectivity index (χ3v) is 4.02. The Balaban J connectivity index is 2.03. The Morgan fingerprint density at radius 3 is 2.42 bits per heavy atom. The molecule has 100 valence electrons. The van der Waals surface area contributed by atoms with Gasteiger partial charge in [0.05, 0.1) is 22.9 Å². The van der Waals surface area contributed by atoms with E-state index < -0.39 is 18.3 Å². The predicted octanol–water partition coefficient (Wildman–Crippen LogP) is 1.77. The molecule has 0 radical (unpaired) electrons. The molecule has 3 heterocycles. The molecule has 2 aromatic heterocycles. The molecule has 6 heteroatoms. The van der Waals surface area contributed by atoms with Crippen molar-refractivity contribution >= 4 is 18.1 Å². The molecule has 0 aliphatic carbocycles. The zero-order valence-corrected chi connectivity index (χ0v) is 11.5. The first-order valence-corrected chi connectivity index (χ1v) is 6.29. The normalized spacial score (nSPS) is 21.2. The van der Waals surface area contributed by atoms with Gasteiger partial charge in [-0.2, -0.15) is 5.10 Å². The van der Waals surface area contributed by atoms with Gasteiger partial charge in [-0.05, 0) is 39.8 Å². The molecule has 0 aromatic carbocycles. The van der Waals surface area contributed by atoms with E-state index in [1.807, 2.05) is 27.7 Å². The van der Waals surface area contributed by atoms with Crippen molar-refractivity contribution in [1.82, 2.24) is 9.61 Å². The van der Waals surface area contributed by atoms with Crippen LogP contribution in [0.2, 0.25) is 0 Å². The van der Waals surface area contributed by atoms with E-state index in [1.54, 1.807) is 12.3 Å². The average Bonchev–Trinajstić information content (AvgIpc) is 2.77. The van der Waals surface area contributed by atoms with Gasteiger partial charge in [-0.15, -0.1) is 0 Å². The van der Waals surface area contributed by atoms with Gasteiger partial charge < -0.3 is 9.31 Å². The van der Waals surface area contributed by atoms with Crippen LogP contribution in [0.5, 0.6) is 0 Å². The summed E-state index contributed by atoms with van der Waals surface area (Å²) in [6.45, 7) is 7.99. The van der Waals surface area contributed by atoms with Gasteiger partial charge in [-0.3, -0.25) is 0 Å². The van der Waals surface area contributed by atoms with Crippen LogP contribution in [-0.2, 0) is 9.31 Å². The molecule has 4 nitrogen and oxygen atoms in total. The second-order valence-corrected chi connectivity index (χ2v) is 5.87. The molecule has 0 spiro atoms. The van der Waals surface area contributed by atoms with E-state index in [1.165, 1.54) is 16.8 Å². The van der Waals surface area contributed by atoms with Gasteiger partial charge in [0.1, 0.15) is 5.82 Å². The number of aromatic nitrogens is 2. The molecule has 0 N–H and O–H groups in total. The van der Waals surface area contributed by atoms with E-state index in [0.29, 0.717) is 0 Å². The maximum Gasteiger partial charge on any atom is 0.498 e. The van der Waals surface area contributed by atoms with Crippen molar-refractivity contribution in [3.05, 3.63) is 30.3 Å². The smallest absolute Gasteiger partial charge is 0.399 e. The van der Waals surface area contributed by atoms with Gasteiger partial charge in [0.2, 0.25) is 0 Å². The Morgan fingerprint density at radius 1 is 1.16 bits per heavy atom. The van der Waals surface area contributed by atoms with E-state index in [-0.39, 0.29) is 5.82 Å². The van der Waals surface area contributed by atoms with Crippen LogP contribution in [0.3, 0.4) is 0 Å². The summed E-state index contributed by atoms with van der Waals surface area (Å²) in [4.78, 5) is 0. The molecule has 1 aliphatic heterocycles. The van der Waals surface area contributed by atoms with Gasteiger partial charge >= 0.3 is 7.12 Å². The molecule has 0 unspecified atom stereocenters. The van der Waals surface area contributed by atoms with Crippen LogP contribution in [-0.4, -0.2) is 27.9 Å². The van der Waals surface area contributed by atoms with Crippen LogP contribution in [0, 0.1) is 5.82 Å². The van der Waals surface area contributed by atoms with Gasteiger partial charge in [0, 0.05) is 11.7 Å². The number of nitrogens with zero attached hydrogens (tertiary/aromatic N) is 2. The summed E-state index contributed by atoms with van der Waals surface area (Å²) in [5.74, 6) is -0.323. The summed E-state index contributed by atoms with van der Waals surface area (Å²) in [5, 5.41) is 4.14. The molecule has 0 atom stereocenters. The first-order valence-electron chi connectivity index (χ1n) is 6.29. The Labute approximate surface area is 111 Å². The van der Waals surface area contributed by atoms with Crippen molar-refractivity contribution in [2.45, 2.75) is 38.9 Å². The highest BCUT2D eigenvalue weighted by Crippen LogP contribution is 2.36. The lowest BCUT2D eigenvalue weighted by molar-refractivity contribution is 0.00578. The van der Waals surface area contributed by atoms with Gasteiger partial charge in [0.25, 0.3) is 0 Å². The molecule has 1 saturated heterocycles. The Bertz CT molecular complexity index is 623. The molecule has 3 rings (SSSR count). The van der Waals surface area contributed by atoms with E-state index in [2.05, 4.69) is 5.10 Å². The Hall–Kier alpha value is -1.40. The topological polar surface area (TPSA) is 35.8 Å². The molecule has 19 heavy (non-hydrogen) atoms. The molecule has 1 fully saturated rings. The summed E-state index contributed by atoms with van der Waals surface area (Å²) in [6, 6.07) is 3.09. The van der Waals surface area contributed by atoms with Crippen molar-refractivity contribution in [2.24, 2.45) is 0 Å². The van der Waals surface area contributed by atoms with Crippen LogP contribution in [0.1, 0.15) is 27.7 Å². The zero-order valence-electron chi connectivity index (χ0n) is 11.5. The number of rotatable bonds is 1. The maximum atomic E-state index is 13.1. The number of hydrogen-bond donors (Lipinski definition) is 0. The predicted molar refractivity (Wildman–Crippen MR) is 70.9 cm³/mol. The minimum absolute atomic E-state index is 0.323. The van der Waals surface area contributed by atoms with Crippen molar-refractivity contribution < 1.29 is 13.7 Å². The monoisotopic (exact) mass is 262 g/mol. The highest BCUT2D eigenvalue weighted by molar-refractivity contribution is 6.64. The second-order valence-electron chi connectivity index (χ2n) is 5.87. The number of fused-ring (bicyclic) bond motifs is 1. The Kier molecular flexibility index (Phi) is 2.53. The SMILES string of the molecule is CC1(C)OB(c2cnn3cc(F)ccc23)OC1(C)C. The zero-order chi connectivity index (χ0) is 13.8. The highest BCUT2D eigenvalue weighted by atomic mass is 19.1. The van der Waals surface area contributed by atoms with Crippen LogP contribution in [0.15, 0.2) is 24.5 Å². The van der Waals surface area contributed by atoms with Gasteiger partial charge in [-0.25, -0.2) is 8.91 Å². The third-order valence-electron chi connectivity index (χ3n) is 4.02. The molecule has 2 aromatic rings. The second kappa shape index (κ2) is 3.80. The lowest BCUT2D eigenvalue weighted by Gasteiger charge is -2.32. The molecule has 0 amide bonds. The van der Waals surface area contributed by atoms with Crippen LogP contribution < -0.4 is 5.46 Å².